The molecule has 2 aromatic rings. The number of halogens is 2. The molecule has 1 aliphatic heterocycles. The van der Waals surface area contributed by atoms with E-state index in [1.54, 1.807) is 29.6 Å². The van der Waals surface area contributed by atoms with Crippen LogP contribution in [0.4, 0.5) is 5.69 Å². The summed E-state index contributed by atoms with van der Waals surface area (Å²) in [4.78, 5) is 2.08. The van der Waals surface area contributed by atoms with Crippen LogP contribution in [0.2, 0.25) is 10.0 Å². The van der Waals surface area contributed by atoms with Crippen LogP contribution in [-0.2, 0) is 10.0 Å². The number of anilines is 1. The molecule has 0 saturated carbocycles. The molecular formula is C14H14Cl2N2O2S2. The molecule has 0 N–H and O–H groups in total. The Balaban J connectivity index is 1.73. The molecular weight excluding hydrogens is 363 g/mol. The number of piperazine rings is 1. The summed E-state index contributed by atoms with van der Waals surface area (Å²) in [5.74, 6) is 0. The van der Waals surface area contributed by atoms with Crippen molar-refractivity contribution in [3.8, 4) is 0 Å². The van der Waals surface area contributed by atoms with Crippen molar-refractivity contribution in [2.24, 2.45) is 0 Å². The van der Waals surface area contributed by atoms with E-state index in [9.17, 15) is 8.42 Å². The highest BCUT2D eigenvalue weighted by Crippen LogP contribution is 2.30. The Bertz CT molecular complexity index is 755. The zero-order chi connectivity index (χ0) is 15.7. The summed E-state index contributed by atoms with van der Waals surface area (Å²) in [6.07, 6.45) is 0. The van der Waals surface area contributed by atoms with Gasteiger partial charge in [-0.05, 0) is 29.6 Å². The normalized spacial score (nSPS) is 16.9. The van der Waals surface area contributed by atoms with Crippen molar-refractivity contribution in [1.82, 2.24) is 4.31 Å². The van der Waals surface area contributed by atoms with Crippen LogP contribution in [0.3, 0.4) is 0 Å². The summed E-state index contributed by atoms with van der Waals surface area (Å²) >= 11 is 13.4. The fourth-order valence-electron chi connectivity index (χ4n) is 2.44. The van der Waals surface area contributed by atoms with E-state index in [0.29, 0.717) is 40.4 Å². The molecule has 3 rings (SSSR count). The molecule has 118 valence electrons. The average molecular weight is 377 g/mol. The van der Waals surface area contributed by atoms with E-state index < -0.39 is 10.0 Å². The van der Waals surface area contributed by atoms with Gasteiger partial charge in [-0.1, -0.05) is 29.3 Å². The van der Waals surface area contributed by atoms with Gasteiger partial charge in [-0.15, -0.1) is 11.3 Å². The lowest BCUT2D eigenvalue weighted by Crippen LogP contribution is -2.48. The third-order valence-electron chi connectivity index (χ3n) is 3.58. The van der Waals surface area contributed by atoms with Gasteiger partial charge in [0.25, 0.3) is 10.0 Å². The van der Waals surface area contributed by atoms with Gasteiger partial charge in [0.05, 0.1) is 10.7 Å². The molecule has 0 spiro atoms. The molecule has 0 radical (unpaired) electrons. The van der Waals surface area contributed by atoms with Crippen LogP contribution in [0, 0.1) is 0 Å². The van der Waals surface area contributed by atoms with Gasteiger partial charge in [-0.2, -0.15) is 4.31 Å². The Labute approximate surface area is 143 Å². The first-order chi connectivity index (χ1) is 10.5. The van der Waals surface area contributed by atoms with Gasteiger partial charge in [-0.3, -0.25) is 0 Å². The third-order valence-corrected chi connectivity index (χ3v) is 7.39. The predicted molar refractivity (Wildman–Crippen MR) is 91.8 cm³/mol. The molecule has 1 saturated heterocycles. The minimum atomic E-state index is -3.37. The fourth-order valence-corrected chi connectivity index (χ4v) is 5.54. The highest BCUT2D eigenvalue weighted by Gasteiger charge is 2.29. The molecule has 0 amide bonds. The largest absolute Gasteiger partial charge is 0.368 e. The molecule has 0 unspecified atom stereocenters. The summed E-state index contributed by atoms with van der Waals surface area (Å²) in [6, 6.07) is 8.75. The van der Waals surface area contributed by atoms with E-state index in [2.05, 4.69) is 4.90 Å². The zero-order valence-electron chi connectivity index (χ0n) is 11.6. The molecule has 0 aliphatic carbocycles. The quantitative estimate of drug-likeness (QED) is 0.821. The van der Waals surface area contributed by atoms with Crippen molar-refractivity contribution < 1.29 is 8.42 Å². The first-order valence-corrected chi connectivity index (χ1v) is 9.80. The summed E-state index contributed by atoms with van der Waals surface area (Å²) in [7, 11) is -3.37. The molecule has 8 heteroatoms. The number of benzene rings is 1. The van der Waals surface area contributed by atoms with Crippen molar-refractivity contribution in [2.45, 2.75) is 4.21 Å². The van der Waals surface area contributed by atoms with Crippen molar-refractivity contribution in [2.75, 3.05) is 31.1 Å². The standard InChI is InChI=1S/C14H14Cl2N2O2S2/c15-11-3-4-13(12(16)10-11)17-5-7-18(8-6-17)22(19,20)14-2-1-9-21-14/h1-4,9-10H,5-8H2. The van der Waals surface area contributed by atoms with Gasteiger partial charge < -0.3 is 4.90 Å². The lowest BCUT2D eigenvalue weighted by molar-refractivity contribution is 0.386. The van der Waals surface area contributed by atoms with Gasteiger partial charge in [-0.25, -0.2) is 8.42 Å². The average Bonchev–Trinajstić information content (AvgIpc) is 3.02. The second-order valence-electron chi connectivity index (χ2n) is 4.92. The van der Waals surface area contributed by atoms with Crippen LogP contribution in [0.25, 0.3) is 0 Å². The van der Waals surface area contributed by atoms with E-state index in [-0.39, 0.29) is 0 Å². The Morgan fingerprint density at radius 3 is 2.36 bits per heavy atom. The molecule has 2 heterocycles. The molecule has 1 aromatic carbocycles. The Kier molecular flexibility index (Phi) is 4.66. The maximum Gasteiger partial charge on any atom is 0.252 e. The molecule has 0 atom stereocenters. The van der Waals surface area contributed by atoms with E-state index in [4.69, 9.17) is 23.2 Å². The van der Waals surface area contributed by atoms with Crippen molar-refractivity contribution in [3.63, 3.8) is 0 Å². The lowest BCUT2D eigenvalue weighted by Gasteiger charge is -2.35. The maximum absolute atomic E-state index is 12.5. The molecule has 22 heavy (non-hydrogen) atoms. The second-order valence-corrected chi connectivity index (χ2v) is 8.88. The highest BCUT2D eigenvalue weighted by molar-refractivity contribution is 7.91. The van der Waals surface area contributed by atoms with E-state index in [1.807, 2.05) is 6.07 Å². The molecule has 0 bridgehead atoms. The molecule has 1 aromatic heterocycles. The van der Waals surface area contributed by atoms with E-state index in [0.717, 1.165) is 5.69 Å². The number of sulfonamides is 1. The van der Waals surface area contributed by atoms with Crippen LogP contribution >= 0.6 is 34.5 Å². The SMILES string of the molecule is O=S(=O)(c1cccs1)N1CCN(c2ccc(Cl)cc2Cl)CC1. The van der Waals surface area contributed by atoms with E-state index >= 15 is 0 Å². The topological polar surface area (TPSA) is 40.6 Å². The predicted octanol–water partition coefficient (Wildman–Crippen LogP) is 3.57. The van der Waals surface area contributed by atoms with Gasteiger partial charge in [0.1, 0.15) is 4.21 Å². The van der Waals surface area contributed by atoms with Crippen LogP contribution in [0.5, 0.6) is 0 Å². The van der Waals surface area contributed by atoms with Crippen LogP contribution < -0.4 is 4.90 Å². The summed E-state index contributed by atoms with van der Waals surface area (Å²) in [6.45, 7) is 2.09. The van der Waals surface area contributed by atoms with Crippen molar-refractivity contribution >= 4 is 50.2 Å². The van der Waals surface area contributed by atoms with Crippen molar-refractivity contribution in [3.05, 3.63) is 45.8 Å². The number of hydrogen-bond donors (Lipinski definition) is 0. The minimum absolute atomic E-state index is 0.394. The maximum atomic E-state index is 12.5. The smallest absolute Gasteiger partial charge is 0.252 e. The number of thiophene rings is 1. The first-order valence-electron chi connectivity index (χ1n) is 6.72. The monoisotopic (exact) mass is 376 g/mol. The Morgan fingerprint density at radius 1 is 1.05 bits per heavy atom. The summed E-state index contributed by atoms with van der Waals surface area (Å²) in [5.41, 5.74) is 0.888. The minimum Gasteiger partial charge on any atom is -0.368 e. The van der Waals surface area contributed by atoms with Gasteiger partial charge in [0.15, 0.2) is 0 Å². The van der Waals surface area contributed by atoms with Gasteiger partial charge in [0.2, 0.25) is 0 Å². The first kappa shape index (κ1) is 16.1. The number of hydrogen-bond acceptors (Lipinski definition) is 4. The highest BCUT2D eigenvalue weighted by atomic mass is 35.5. The molecule has 1 aliphatic rings. The van der Waals surface area contributed by atoms with E-state index in [1.165, 1.54) is 15.6 Å². The molecule has 1 fully saturated rings. The summed E-state index contributed by atoms with van der Waals surface area (Å²) in [5, 5.41) is 2.95. The van der Waals surface area contributed by atoms with Crippen LogP contribution in [0.15, 0.2) is 39.9 Å². The second kappa shape index (κ2) is 6.37. The summed E-state index contributed by atoms with van der Waals surface area (Å²) < 4.78 is 26.9. The zero-order valence-corrected chi connectivity index (χ0v) is 14.7. The number of rotatable bonds is 3. The third kappa shape index (κ3) is 3.12. The fraction of sp³-hybridized carbons (Fsp3) is 0.286. The number of nitrogens with zero attached hydrogens (tertiary/aromatic N) is 2. The Morgan fingerprint density at radius 2 is 1.77 bits per heavy atom. The lowest BCUT2D eigenvalue weighted by atomic mass is 10.2. The van der Waals surface area contributed by atoms with Crippen LogP contribution in [-0.4, -0.2) is 38.9 Å². The molecule has 4 nitrogen and oxygen atoms in total. The Hall–Kier alpha value is -0.790. The van der Waals surface area contributed by atoms with Crippen LogP contribution in [0.1, 0.15) is 0 Å². The van der Waals surface area contributed by atoms with Gasteiger partial charge >= 0.3 is 0 Å². The van der Waals surface area contributed by atoms with Gasteiger partial charge in [0, 0.05) is 31.2 Å². The van der Waals surface area contributed by atoms with Crippen molar-refractivity contribution in [1.29, 1.82) is 0 Å².